The highest BCUT2D eigenvalue weighted by atomic mass is 16.2. The van der Waals surface area contributed by atoms with E-state index >= 15 is 0 Å². The minimum absolute atomic E-state index is 0.0414. The molecule has 1 aromatic carbocycles. The molecule has 0 atom stereocenters. The lowest BCUT2D eigenvalue weighted by molar-refractivity contribution is -0.120. The van der Waals surface area contributed by atoms with Gasteiger partial charge in [-0.2, -0.15) is 0 Å². The summed E-state index contributed by atoms with van der Waals surface area (Å²) >= 11 is 0. The van der Waals surface area contributed by atoms with Crippen LogP contribution in [0.1, 0.15) is 24.2 Å². The first-order valence-corrected chi connectivity index (χ1v) is 6.49. The van der Waals surface area contributed by atoms with Crippen LogP contribution in [0, 0.1) is 0 Å². The average molecular weight is 271 g/mol. The first-order valence-electron chi connectivity index (χ1n) is 6.49. The van der Waals surface area contributed by atoms with E-state index in [4.69, 9.17) is 0 Å². The highest BCUT2D eigenvalue weighted by molar-refractivity contribution is 6.06. The molecular weight excluding hydrogens is 254 g/mol. The van der Waals surface area contributed by atoms with Gasteiger partial charge in [-0.25, -0.2) is 0 Å². The standard InChI is InChI=1S/C15H17N3O2/c1-10(2)18-13(19)9-17-15(20)12-7-3-5-11-6-4-8-16-14(11)12/h3-8,10H,9H2,1-2H3,(H,17,20)(H,18,19). The maximum atomic E-state index is 12.1. The quantitative estimate of drug-likeness (QED) is 0.885. The fourth-order valence-corrected chi connectivity index (χ4v) is 1.92. The fraction of sp³-hybridized carbons (Fsp3) is 0.267. The van der Waals surface area contributed by atoms with Crippen LogP contribution in [0.4, 0.5) is 0 Å². The van der Waals surface area contributed by atoms with Crippen molar-refractivity contribution in [2.75, 3.05) is 6.54 Å². The predicted molar refractivity (Wildman–Crippen MR) is 77.4 cm³/mol. The summed E-state index contributed by atoms with van der Waals surface area (Å²) < 4.78 is 0. The second-order valence-corrected chi connectivity index (χ2v) is 4.79. The van der Waals surface area contributed by atoms with E-state index in [0.29, 0.717) is 11.1 Å². The molecule has 5 heteroatoms. The molecule has 1 aromatic heterocycles. The zero-order chi connectivity index (χ0) is 14.5. The average Bonchev–Trinajstić information content (AvgIpc) is 2.43. The number of carbonyl (C=O) groups is 2. The lowest BCUT2D eigenvalue weighted by Gasteiger charge is -2.10. The Hall–Kier alpha value is -2.43. The van der Waals surface area contributed by atoms with Gasteiger partial charge in [-0.15, -0.1) is 0 Å². The smallest absolute Gasteiger partial charge is 0.253 e. The molecule has 0 fully saturated rings. The number of amides is 2. The number of hydrogen-bond donors (Lipinski definition) is 2. The maximum absolute atomic E-state index is 12.1. The number of nitrogens with zero attached hydrogens (tertiary/aromatic N) is 1. The van der Waals surface area contributed by atoms with E-state index in [0.717, 1.165) is 5.39 Å². The van der Waals surface area contributed by atoms with Crippen molar-refractivity contribution in [3.05, 3.63) is 42.1 Å². The molecule has 0 bridgehead atoms. The number of rotatable bonds is 4. The van der Waals surface area contributed by atoms with E-state index < -0.39 is 0 Å². The van der Waals surface area contributed by atoms with Crippen molar-refractivity contribution in [3.63, 3.8) is 0 Å². The first kappa shape index (κ1) is 14.0. The van der Waals surface area contributed by atoms with Crippen LogP contribution in [0.2, 0.25) is 0 Å². The van der Waals surface area contributed by atoms with Gasteiger partial charge in [0.25, 0.3) is 5.91 Å². The second-order valence-electron chi connectivity index (χ2n) is 4.79. The van der Waals surface area contributed by atoms with E-state index in [-0.39, 0.29) is 24.4 Å². The van der Waals surface area contributed by atoms with Gasteiger partial charge in [0.15, 0.2) is 0 Å². The third-order valence-electron chi connectivity index (χ3n) is 2.74. The number of carbonyl (C=O) groups excluding carboxylic acids is 2. The van der Waals surface area contributed by atoms with E-state index in [9.17, 15) is 9.59 Å². The Labute approximate surface area is 117 Å². The summed E-state index contributed by atoms with van der Waals surface area (Å²) in [5.41, 5.74) is 1.11. The van der Waals surface area contributed by atoms with Gasteiger partial charge in [-0.05, 0) is 26.0 Å². The largest absolute Gasteiger partial charge is 0.352 e. The van der Waals surface area contributed by atoms with Gasteiger partial charge >= 0.3 is 0 Å². The molecular formula is C15H17N3O2. The molecule has 0 saturated carbocycles. The van der Waals surface area contributed by atoms with Crippen molar-refractivity contribution in [2.24, 2.45) is 0 Å². The third kappa shape index (κ3) is 3.32. The van der Waals surface area contributed by atoms with Crippen molar-refractivity contribution in [2.45, 2.75) is 19.9 Å². The molecule has 2 N–H and O–H groups in total. The molecule has 2 rings (SSSR count). The minimum atomic E-state index is -0.298. The molecule has 5 nitrogen and oxygen atoms in total. The molecule has 0 radical (unpaired) electrons. The van der Waals surface area contributed by atoms with Crippen molar-refractivity contribution in [3.8, 4) is 0 Å². The zero-order valence-corrected chi connectivity index (χ0v) is 11.5. The predicted octanol–water partition coefficient (Wildman–Crippen LogP) is 1.49. The highest BCUT2D eigenvalue weighted by Crippen LogP contribution is 2.15. The number of fused-ring (bicyclic) bond motifs is 1. The monoisotopic (exact) mass is 271 g/mol. The lowest BCUT2D eigenvalue weighted by Crippen LogP contribution is -2.39. The molecule has 1 heterocycles. The van der Waals surface area contributed by atoms with Gasteiger partial charge < -0.3 is 10.6 Å². The molecule has 0 aliphatic carbocycles. The summed E-state index contributed by atoms with van der Waals surface area (Å²) in [4.78, 5) is 27.8. The summed E-state index contributed by atoms with van der Waals surface area (Å²) in [6.45, 7) is 3.70. The Balaban J connectivity index is 2.10. The van der Waals surface area contributed by atoms with Crippen molar-refractivity contribution in [1.29, 1.82) is 0 Å². The van der Waals surface area contributed by atoms with Crippen molar-refractivity contribution >= 4 is 22.7 Å². The number of pyridine rings is 1. The number of para-hydroxylation sites is 1. The summed E-state index contributed by atoms with van der Waals surface area (Å²) in [6, 6.07) is 9.16. The Kier molecular flexibility index (Phi) is 4.30. The van der Waals surface area contributed by atoms with Gasteiger partial charge in [0.2, 0.25) is 5.91 Å². The zero-order valence-electron chi connectivity index (χ0n) is 11.5. The molecule has 0 unspecified atom stereocenters. The lowest BCUT2D eigenvalue weighted by atomic mass is 10.1. The molecule has 0 aliphatic rings. The van der Waals surface area contributed by atoms with Crippen molar-refractivity contribution in [1.82, 2.24) is 15.6 Å². The van der Waals surface area contributed by atoms with Gasteiger partial charge in [0.1, 0.15) is 0 Å². The van der Waals surface area contributed by atoms with Crippen LogP contribution in [0.15, 0.2) is 36.5 Å². The second kappa shape index (κ2) is 6.14. The van der Waals surface area contributed by atoms with Gasteiger partial charge in [0, 0.05) is 17.6 Å². The number of nitrogens with one attached hydrogen (secondary N) is 2. The molecule has 104 valence electrons. The van der Waals surface area contributed by atoms with E-state index in [1.54, 1.807) is 18.3 Å². The van der Waals surface area contributed by atoms with Crippen LogP contribution in [0.5, 0.6) is 0 Å². The molecule has 0 spiro atoms. The molecule has 0 aliphatic heterocycles. The molecule has 2 amide bonds. The van der Waals surface area contributed by atoms with Crippen LogP contribution in [-0.2, 0) is 4.79 Å². The Morgan fingerprint density at radius 2 is 1.95 bits per heavy atom. The van der Waals surface area contributed by atoms with Crippen LogP contribution in [0.3, 0.4) is 0 Å². The normalized spacial score (nSPS) is 10.6. The number of aromatic nitrogens is 1. The third-order valence-corrected chi connectivity index (χ3v) is 2.74. The summed E-state index contributed by atoms with van der Waals surface area (Å²) in [5.74, 6) is -0.505. The molecule has 0 saturated heterocycles. The maximum Gasteiger partial charge on any atom is 0.253 e. The Bertz CT molecular complexity index is 633. The summed E-state index contributed by atoms with van der Waals surface area (Å²) in [5, 5.41) is 6.22. The van der Waals surface area contributed by atoms with E-state index in [1.807, 2.05) is 32.0 Å². The minimum Gasteiger partial charge on any atom is -0.352 e. The SMILES string of the molecule is CC(C)NC(=O)CNC(=O)c1cccc2cccnc12. The van der Waals surface area contributed by atoms with Crippen LogP contribution in [-0.4, -0.2) is 29.4 Å². The first-order chi connectivity index (χ1) is 9.58. The van der Waals surface area contributed by atoms with Gasteiger partial charge in [-0.3, -0.25) is 14.6 Å². The highest BCUT2D eigenvalue weighted by Gasteiger charge is 2.12. The molecule has 2 aromatic rings. The summed E-state index contributed by atoms with van der Waals surface area (Å²) in [7, 11) is 0. The Morgan fingerprint density at radius 3 is 2.70 bits per heavy atom. The van der Waals surface area contributed by atoms with E-state index in [1.165, 1.54) is 0 Å². The molecule has 20 heavy (non-hydrogen) atoms. The topological polar surface area (TPSA) is 71.1 Å². The number of benzene rings is 1. The van der Waals surface area contributed by atoms with Crippen LogP contribution in [0.25, 0.3) is 10.9 Å². The fourth-order valence-electron chi connectivity index (χ4n) is 1.92. The van der Waals surface area contributed by atoms with E-state index in [2.05, 4.69) is 15.6 Å². The van der Waals surface area contributed by atoms with Gasteiger partial charge in [0.05, 0.1) is 17.6 Å². The summed E-state index contributed by atoms with van der Waals surface area (Å²) in [6.07, 6.45) is 1.64. The van der Waals surface area contributed by atoms with Gasteiger partial charge in [-0.1, -0.05) is 18.2 Å². The van der Waals surface area contributed by atoms with Crippen molar-refractivity contribution < 1.29 is 9.59 Å². The van der Waals surface area contributed by atoms with Crippen LogP contribution >= 0.6 is 0 Å². The Morgan fingerprint density at radius 1 is 1.20 bits per heavy atom. The van der Waals surface area contributed by atoms with Crippen LogP contribution < -0.4 is 10.6 Å². The number of hydrogen-bond acceptors (Lipinski definition) is 3.